The second kappa shape index (κ2) is 4.75. The van der Waals surface area contributed by atoms with Gasteiger partial charge in [-0.05, 0) is 38.7 Å². The molecule has 17 heavy (non-hydrogen) atoms. The second-order valence-electron chi connectivity index (χ2n) is 4.76. The van der Waals surface area contributed by atoms with Gasteiger partial charge in [0, 0.05) is 18.8 Å². The summed E-state index contributed by atoms with van der Waals surface area (Å²) in [4.78, 5) is 16.1. The lowest BCUT2D eigenvalue weighted by atomic mass is 10.1. The van der Waals surface area contributed by atoms with Crippen LogP contribution in [0.4, 0.5) is 5.69 Å². The van der Waals surface area contributed by atoms with E-state index in [0.29, 0.717) is 17.8 Å². The number of amides is 1. The SMILES string of the molecule is CN(C)CCCN1Cc2cccc(N)c2C1=O. The van der Waals surface area contributed by atoms with Crippen LogP contribution in [0, 0.1) is 0 Å². The van der Waals surface area contributed by atoms with Gasteiger partial charge >= 0.3 is 0 Å². The van der Waals surface area contributed by atoms with Crippen molar-refractivity contribution in [3.63, 3.8) is 0 Å². The Hall–Kier alpha value is -1.55. The molecule has 0 aliphatic carbocycles. The molecule has 1 amide bonds. The van der Waals surface area contributed by atoms with Crippen LogP contribution < -0.4 is 5.73 Å². The smallest absolute Gasteiger partial charge is 0.256 e. The number of rotatable bonds is 4. The third-order valence-corrected chi connectivity index (χ3v) is 3.08. The first-order valence-electron chi connectivity index (χ1n) is 5.91. The highest BCUT2D eigenvalue weighted by Gasteiger charge is 2.28. The van der Waals surface area contributed by atoms with Gasteiger partial charge in [-0.2, -0.15) is 0 Å². The van der Waals surface area contributed by atoms with Gasteiger partial charge in [-0.3, -0.25) is 4.79 Å². The van der Waals surface area contributed by atoms with E-state index in [-0.39, 0.29) is 5.91 Å². The Balaban J connectivity index is 2.02. The highest BCUT2D eigenvalue weighted by atomic mass is 16.2. The van der Waals surface area contributed by atoms with E-state index in [1.165, 1.54) is 0 Å². The molecule has 4 heteroatoms. The van der Waals surface area contributed by atoms with Gasteiger partial charge in [0.1, 0.15) is 0 Å². The second-order valence-corrected chi connectivity index (χ2v) is 4.76. The zero-order chi connectivity index (χ0) is 12.4. The van der Waals surface area contributed by atoms with E-state index in [1.807, 2.05) is 31.1 Å². The molecule has 2 N–H and O–H groups in total. The third-order valence-electron chi connectivity index (χ3n) is 3.08. The summed E-state index contributed by atoms with van der Waals surface area (Å²) >= 11 is 0. The van der Waals surface area contributed by atoms with Crippen LogP contribution in [0.3, 0.4) is 0 Å². The van der Waals surface area contributed by atoms with Crippen molar-refractivity contribution in [2.24, 2.45) is 0 Å². The summed E-state index contributed by atoms with van der Waals surface area (Å²) in [5.74, 6) is 0.0804. The molecule has 4 nitrogen and oxygen atoms in total. The van der Waals surface area contributed by atoms with Crippen LogP contribution in [0.25, 0.3) is 0 Å². The minimum atomic E-state index is 0.0804. The van der Waals surface area contributed by atoms with Gasteiger partial charge in [0.05, 0.1) is 5.56 Å². The number of carbonyl (C=O) groups is 1. The summed E-state index contributed by atoms with van der Waals surface area (Å²) in [6.07, 6.45) is 0.993. The number of nitrogens with zero attached hydrogens (tertiary/aromatic N) is 2. The van der Waals surface area contributed by atoms with Crippen LogP contribution in [0.15, 0.2) is 18.2 Å². The molecule has 1 aliphatic rings. The number of nitrogens with two attached hydrogens (primary N) is 1. The molecule has 0 radical (unpaired) electrons. The van der Waals surface area contributed by atoms with Crippen LogP contribution in [-0.4, -0.2) is 42.9 Å². The van der Waals surface area contributed by atoms with Crippen molar-refractivity contribution >= 4 is 11.6 Å². The fourth-order valence-corrected chi connectivity index (χ4v) is 2.21. The molecule has 0 unspecified atom stereocenters. The Morgan fingerprint density at radius 1 is 1.41 bits per heavy atom. The van der Waals surface area contributed by atoms with Gasteiger partial charge in [0.15, 0.2) is 0 Å². The Kier molecular flexibility index (Phi) is 3.33. The fourth-order valence-electron chi connectivity index (χ4n) is 2.21. The summed E-state index contributed by atoms with van der Waals surface area (Å²) in [5, 5.41) is 0. The molecule has 0 saturated heterocycles. The average molecular weight is 233 g/mol. The van der Waals surface area contributed by atoms with Crippen molar-refractivity contribution in [2.75, 3.05) is 32.9 Å². The highest BCUT2D eigenvalue weighted by Crippen LogP contribution is 2.27. The number of anilines is 1. The number of carbonyl (C=O) groups excluding carboxylic acids is 1. The normalized spacial score (nSPS) is 14.5. The van der Waals surface area contributed by atoms with Gasteiger partial charge in [0.25, 0.3) is 5.91 Å². The maximum Gasteiger partial charge on any atom is 0.256 e. The molecule has 0 atom stereocenters. The molecule has 0 aromatic heterocycles. The van der Waals surface area contributed by atoms with Gasteiger partial charge in [-0.15, -0.1) is 0 Å². The highest BCUT2D eigenvalue weighted by molar-refractivity contribution is 6.02. The minimum absolute atomic E-state index is 0.0804. The zero-order valence-corrected chi connectivity index (χ0v) is 10.4. The summed E-state index contributed by atoms with van der Waals surface area (Å²) < 4.78 is 0. The van der Waals surface area contributed by atoms with E-state index >= 15 is 0 Å². The molecule has 0 fully saturated rings. The molecular formula is C13H19N3O. The molecule has 0 bridgehead atoms. The van der Waals surface area contributed by atoms with Gasteiger partial charge in [0.2, 0.25) is 0 Å². The van der Waals surface area contributed by atoms with Crippen LogP contribution in [0.1, 0.15) is 22.3 Å². The van der Waals surface area contributed by atoms with Crippen LogP contribution in [0.5, 0.6) is 0 Å². The number of fused-ring (bicyclic) bond motifs is 1. The van der Waals surface area contributed by atoms with E-state index in [4.69, 9.17) is 5.73 Å². The average Bonchev–Trinajstić information content (AvgIpc) is 2.57. The number of hydrogen-bond donors (Lipinski definition) is 1. The quantitative estimate of drug-likeness (QED) is 0.794. The molecule has 92 valence electrons. The summed E-state index contributed by atoms with van der Waals surface area (Å²) in [7, 11) is 4.08. The summed E-state index contributed by atoms with van der Waals surface area (Å²) in [5.41, 5.74) is 8.21. The lowest BCUT2D eigenvalue weighted by Gasteiger charge is -2.17. The largest absolute Gasteiger partial charge is 0.398 e. The molecule has 1 aromatic carbocycles. The first-order chi connectivity index (χ1) is 8.09. The van der Waals surface area contributed by atoms with Crippen molar-refractivity contribution in [1.82, 2.24) is 9.80 Å². The van der Waals surface area contributed by atoms with Crippen LogP contribution >= 0.6 is 0 Å². The van der Waals surface area contributed by atoms with E-state index < -0.39 is 0 Å². The molecule has 1 heterocycles. The maximum absolute atomic E-state index is 12.1. The molecule has 1 aromatic rings. The van der Waals surface area contributed by atoms with Gasteiger partial charge in [-0.25, -0.2) is 0 Å². The van der Waals surface area contributed by atoms with Crippen LogP contribution in [-0.2, 0) is 6.54 Å². The van der Waals surface area contributed by atoms with Crippen molar-refractivity contribution in [1.29, 1.82) is 0 Å². The van der Waals surface area contributed by atoms with E-state index in [1.54, 1.807) is 6.07 Å². The van der Waals surface area contributed by atoms with Crippen molar-refractivity contribution in [3.8, 4) is 0 Å². The minimum Gasteiger partial charge on any atom is -0.398 e. The Labute approximate surface area is 102 Å². The Morgan fingerprint density at radius 3 is 2.82 bits per heavy atom. The molecule has 2 rings (SSSR count). The predicted octanol–water partition coefficient (Wildman–Crippen LogP) is 1.18. The lowest BCUT2D eigenvalue weighted by molar-refractivity contribution is 0.0774. The topological polar surface area (TPSA) is 49.6 Å². The standard InChI is InChI=1S/C13H19N3O/c1-15(2)7-4-8-16-9-10-5-3-6-11(14)12(10)13(16)17/h3,5-6H,4,7-9,14H2,1-2H3. The molecular weight excluding hydrogens is 214 g/mol. The van der Waals surface area contributed by atoms with Crippen LogP contribution in [0.2, 0.25) is 0 Å². The number of benzene rings is 1. The Bertz CT molecular complexity index is 429. The summed E-state index contributed by atoms with van der Waals surface area (Å²) in [6, 6.07) is 5.68. The fraction of sp³-hybridized carbons (Fsp3) is 0.462. The first-order valence-corrected chi connectivity index (χ1v) is 5.91. The molecule has 0 saturated carbocycles. The van der Waals surface area contributed by atoms with Crippen molar-refractivity contribution in [3.05, 3.63) is 29.3 Å². The maximum atomic E-state index is 12.1. The number of hydrogen-bond acceptors (Lipinski definition) is 3. The zero-order valence-electron chi connectivity index (χ0n) is 10.4. The lowest BCUT2D eigenvalue weighted by Crippen LogP contribution is -2.27. The monoisotopic (exact) mass is 233 g/mol. The predicted molar refractivity (Wildman–Crippen MR) is 68.8 cm³/mol. The summed E-state index contributed by atoms with van der Waals surface area (Å²) in [6.45, 7) is 2.49. The van der Waals surface area contributed by atoms with E-state index in [0.717, 1.165) is 25.1 Å². The van der Waals surface area contributed by atoms with Crippen molar-refractivity contribution in [2.45, 2.75) is 13.0 Å². The van der Waals surface area contributed by atoms with Gasteiger partial charge < -0.3 is 15.5 Å². The number of nitrogen functional groups attached to an aromatic ring is 1. The van der Waals surface area contributed by atoms with E-state index in [9.17, 15) is 4.79 Å². The van der Waals surface area contributed by atoms with Gasteiger partial charge in [-0.1, -0.05) is 12.1 Å². The first kappa shape index (κ1) is 11.9. The third kappa shape index (κ3) is 2.42. The Morgan fingerprint density at radius 2 is 2.18 bits per heavy atom. The molecule has 0 spiro atoms. The van der Waals surface area contributed by atoms with E-state index in [2.05, 4.69) is 4.90 Å². The van der Waals surface area contributed by atoms with Crippen molar-refractivity contribution < 1.29 is 4.79 Å². The molecule has 1 aliphatic heterocycles.